The van der Waals surface area contributed by atoms with Crippen LogP contribution in [0.4, 0.5) is 4.39 Å². The molecule has 0 atom stereocenters. The number of halogens is 1. The van der Waals surface area contributed by atoms with E-state index in [2.05, 4.69) is 10.4 Å². The van der Waals surface area contributed by atoms with Gasteiger partial charge >= 0.3 is 0 Å². The summed E-state index contributed by atoms with van der Waals surface area (Å²) in [7, 11) is 0. The standard InChI is InChI=1S/C16H20FN3O2/c1-12-9-13(2)20(19-12)8-4-7-18-16(21)11-22-15-6-3-5-14(17)10-15/h3,5-6,9-10H,4,7-8,11H2,1-2H3,(H,18,21). The lowest BCUT2D eigenvalue weighted by Gasteiger charge is -2.08. The van der Waals surface area contributed by atoms with E-state index >= 15 is 0 Å². The number of amides is 1. The Morgan fingerprint density at radius 3 is 2.86 bits per heavy atom. The summed E-state index contributed by atoms with van der Waals surface area (Å²) in [4.78, 5) is 11.6. The highest BCUT2D eigenvalue weighted by atomic mass is 19.1. The van der Waals surface area contributed by atoms with Crippen molar-refractivity contribution in [2.24, 2.45) is 0 Å². The molecule has 1 heterocycles. The van der Waals surface area contributed by atoms with Gasteiger partial charge in [-0.05, 0) is 38.5 Å². The van der Waals surface area contributed by atoms with Gasteiger partial charge in [0.05, 0.1) is 5.69 Å². The fourth-order valence-corrected chi connectivity index (χ4v) is 2.11. The molecule has 0 aliphatic carbocycles. The first-order valence-electron chi connectivity index (χ1n) is 7.21. The minimum absolute atomic E-state index is 0.122. The molecule has 0 radical (unpaired) electrons. The summed E-state index contributed by atoms with van der Waals surface area (Å²) >= 11 is 0. The van der Waals surface area contributed by atoms with Crippen molar-refractivity contribution in [2.75, 3.05) is 13.2 Å². The molecule has 1 N–H and O–H groups in total. The second-order valence-electron chi connectivity index (χ2n) is 5.10. The van der Waals surface area contributed by atoms with Gasteiger partial charge in [-0.25, -0.2) is 4.39 Å². The largest absolute Gasteiger partial charge is 0.484 e. The third-order valence-corrected chi connectivity index (χ3v) is 3.14. The molecular formula is C16H20FN3O2. The van der Waals surface area contributed by atoms with E-state index in [0.29, 0.717) is 12.3 Å². The highest BCUT2D eigenvalue weighted by Crippen LogP contribution is 2.11. The first-order chi connectivity index (χ1) is 10.5. The molecule has 0 fully saturated rings. The minimum Gasteiger partial charge on any atom is -0.484 e. The zero-order valence-electron chi connectivity index (χ0n) is 12.8. The van der Waals surface area contributed by atoms with Gasteiger partial charge in [0.2, 0.25) is 0 Å². The van der Waals surface area contributed by atoms with Crippen LogP contribution in [-0.2, 0) is 11.3 Å². The predicted molar refractivity (Wildman–Crippen MR) is 81.2 cm³/mol. The number of carbonyl (C=O) groups excluding carboxylic acids is 1. The van der Waals surface area contributed by atoms with E-state index in [-0.39, 0.29) is 18.3 Å². The van der Waals surface area contributed by atoms with Crippen LogP contribution in [0.1, 0.15) is 17.8 Å². The lowest BCUT2D eigenvalue weighted by Crippen LogP contribution is -2.30. The highest BCUT2D eigenvalue weighted by Gasteiger charge is 2.04. The topological polar surface area (TPSA) is 56.2 Å². The van der Waals surface area contributed by atoms with Crippen molar-refractivity contribution < 1.29 is 13.9 Å². The first-order valence-corrected chi connectivity index (χ1v) is 7.21. The number of aryl methyl sites for hydroxylation is 3. The van der Waals surface area contributed by atoms with E-state index in [9.17, 15) is 9.18 Å². The van der Waals surface area contributed by atoms with E-state index in [1.165, 1.54) is 18.2 Å². The van der Waals surface area contributed by atoms with Gasteiger partial charge in [-0.2, -0.15) is 5.10 Å². The van der Waals surface area contributed by atoms with Crippen molar-refractivity contribution in [2.45, 2.75) is 26.8 Å². The van der Waals surface area contributed by atoms with Crippen molar-refractivity contribution in [3.63, 3.8) is 0 Å². The van der Waals surface area contributed by atoms with E-state index in [1.807, 2.05) is 24.6 Å². The van der Waals surface area contributed by atoms with Crippen molar-refractivity contribution in [1.82, 2.24) is 15.1 Å². The number of aromatic nitrogens is 2. The zero-order chi connectivity index (χ0) is 15.9. The number of hydrogen-bond donors (Lipinski definition) is 1. The fraction of sp³-hybridized carbons (Fsp3) is 0.375. The lowest BCUT2D eigenvalue weighted by molar-refractivity contribution is -0.123. The van der Waals surface area contributed by atoms with Crippen molar-refractivity contribution in [3.8, 4) is 5.75 Å². The van der Waals surface area contributed by atoms with Crippen LogP contribution in [0.15, 0.2) is 30.3 Å². The summed E-state index contributed by atoms with van der Waals surface area (Å²) in [5.74, 6) is -0.266. The van der Waals surface area contributed by atoms with E-state index in [1.54, 1.807) is 6.07 Å². The van der Waals surface area contributed by atoms with E-state index in [0.717, 1.165) is 24.4 Å². The average molecular weight is 305 g/mol. The molecule has 0 spiro atoms. The lowest BCUT2D eigenvalue weighted by atomic mass is 10.3. The van der Waals surface area contributed by atoms with Gasteiger partial charge in [-0.15, -0.1) is 0 Å². The highest BCUT2D eigenvalue weighted by molar-refractivity contribution is 5.77. The van der Waals surface area contributed by atoms with Gasteiger partial charge in [-0.1, -0.05) is 6.07 Å². The minimum atomic E-state index is -0.386. The molecule has 0 aliphatic heterocycles. The second kappa shape index (κ2) is 7.59. The Kier molecular flexibility index (Phi) is 5.52. The molecule has 1 aromatic carbocycles. The first kappa shape index (κ1) is 16.0. The van der Waals surface area contributed by atoms with Crippen LogP contribution in [0.3, 0.4) is 0 Å². The van der Waals surface area contributed by atoms with Crippen LogP contribution in [0.25, 0.3) is 0 Å². The maximum absolute atomic E-state index is 12.9. The van der Waals surface area contributed by atoms with Crippen LogP contribution in [0.2, 0.25) is 0 Å². The molecule has 0 unspecified atom stereocenters. The Bertz CT molecular complexity index is 640. The number of carbonyl (C=O) groups is 1. The Morgan fingerprint density at radius 1 is 1.36 bits per heavy atom. The molecule has 6 heteroatoms. The van der Waals surface area contributed by atoms with Crippen LogP contribution in [0.5, 0.6) is 5.75 Å². The molecule has 1 aromatic heterocycles. The molecule has 0 bridgehead atoms. The fourth-order valence-electron chi connectivity index (χ4n) is 2.11. The van der Waals surface area contributed by atoms with E-state index in [4.69, 9.17) is 4.74 Å². The normalized spacial score (nSPS) is 10.5. The van der Waals surface area contributed by atoms with Gasteiger partial charge in [0.1, 0.15) is 11.6 Å². The third-order valence-electron chi connectivity index (χ3n) is 3.14. The molecule has 1 amide bonds. The van der Waals surface area contributed by atoms with Gasteiger partial charge in [-0.3, -0.25) is 9.48 Å². The van der Waals surface area contributed by atoms with Crippen LogP contribution < -0.4 is 10.1 Å². The van der Waals surface area contributed by atoms with Gasteiger partial charge in [0.25, 0.3) is 5.91 Å². The molecule has 5 nitrogen and oxygen atoms in total. The van der Waals surface area contributed by atoms with Gasteiger partial charge in [0, 0.05) is 24.8 Å². The summed E-state index contributed by atoms with van der Waals surface area (Å²) in [6, 6.07) is 7.74. The summed E-state index contributed by atoms with van der Waals surface area (Å²) in [5.41, 5.74) is 2.10. The summed E-state index contributed by atoms with van der Waals surface area (Å²) < 4.78 is 20.1. The SMILES string of the molecule is Cc1cc(C)n(CCCNC(=O)COc2cccc(F)c2)n1. The number of benzene rings is 1. The van der Waals surface area contributed by atoms with Crippen LogP contribution in [0, 0.1) is 19.7 Å². The summed E-state index contributed by atoms with van der Waals surface area (Å²) in [6.07, 6.45) is 0.785. The smallest absolute Gasteiger partial charge is 0.257 e. The molecule has 0 saturated heterocycles. The van der Waals surface area contributed by atoms with E-state index < -0.39 is 0 Å². The third kappa shape index (κ3) is 4.87. The molecular weight excluding hydrogens is 285 g/mol. The molecule has 2 rings (SSSR count). The van der Waals surface area contributed by atoms with Gasteiger partial charge < -0.3 is 10.1 Å². The van der Waals surface area contributed by atoms with Crippen molar-refractivity contribution in [3.05, 3.63) is 47.5 Å². The average Bonchev–Trinajstić information content (AvgIpc) is 2.79. The maximum Gasteiger partial charge on any atom is 0.257 e. The number of hydrogen-bond acceptors (Lipinski definition) is 3. The number of nitrogens with one attached hydrogen (secondary N) is 1. The second-order valence-corrected chi connectivity index (χ2v) is 5.10. The van der Waals surface area contributed by atoms with Crippen molar-refractivity contribution >= 4 is 5.91 Å². The summed E-state index contributed by atoms with van der Waals surface area (Å²) in [6.45, 7) is 5.14. The van der Waals surface area contributed by atoms with Crippen molar-refractivity contribution in [1.29, 1.82) is 0 Å². The Morgan fingerprint density at radius 2 is 2.18 bits per heavy atom. The molecule has 118 valence electrons. The maximum atomic E-state index is 12.9. The van der Waals surface area contributed by atoms with Crippen LogP contribution in [-0.4, -0.2) is 28.8 Å². The monoisotopic (exact) mass is 305 g/mol. The predicted octanol–water partition coefficient (Wildman–Crippen LogP) is 2.22. The Hall–Kier alpha value is -2.37. The molecule has 2 aromatic rings. The number of rotatable bonds is 7. The van der Waals surface area contributed by atoms with Crippen LogP contribution >= 0.6 is 0 Å². The zero-order valence-corrected chi connectivity index (χ0v) is 12.8. The summed E-state index contributed by atoms with van der Waals surface area (Å²) in [5, 5.41) is 7.12. The number of nitrogens with zero attached hydrogens (tertiary/aromatic N) is 2. The Balaban J connectivity index is 1.64. The quantitative estimate of drug-likeness (QED) is 0.798. The number of ether oxygens (including phenoxy) is 1. The molecule has 22 heavy (non-hydrogen) atoms. The Labute approximate surface area is 129 Å². The van der Waals surface area contributed by atoms with Gasteiger partial charge in [0.15, 0.2) is 6.61 Å². The molecule has 0 saturated carbocycles. The molecule has 0 aliphatic rings.